The molecule has 14 heavy (non-hydrogen) atoms. The minimum Gasteiger partial charge on any atom is -0.398 e. The van der Waals surface area contributed by atoms with Crippen molar-refractivity contribution < 1.29 is 10.0 Å². The number of non-ortho nitro benzene ring substituents is 1. The maximum Gasteiger partial charge on any atom is 0.269 e. The van der Waals surface area contributed by atoms with E-state index in [2.05, 4.69) is 0 Å². The molecule has 0 spiro atoms. The Bertz CT molecular complexity index is 350. The van der Waals surface area contributed by atoms with E-state index in [0.29, 0.717) is 17.7 Å². The van der Waals surface area contributed by atoms with E-state index < -0.39 is 11.0 Å². The third kappa shape index (κ3) is 2.43. The fourth-order valence-electron chi connectivity index (χ4n) is 1.20. The Morgan fingerprint density at radius 1 is 1.64 bits per heavy atom. The van der Waals surface area contributed by atoms with Gasteiger partial charge in [0.25, 0.3) is 5.69 Å². The monoisotopic (exact) mass is 196 g/mol. The number of rotatable bonds is 3. The number of benzene rings is 1. The van der Waals surface area contributed by atoms with Gasteiger partial charge < -0.3 is 10.8 Å². The lowest BCUT2D eigenvalue weighted by molar-refractivity contribution is -0.384. The zero-order valence-electron chi connectivity index (χ0n) is 7.80. The SMILES string of the molecule is CC(O)Cc1cc([N+](=O)[O-])ccc1N. The second-order valence-electron chi connectivity index (χ2n) is 3.19. The predicted molar refractivity (Wildman–Crippen MR) is 52.9 cm³/mol. The molecule has 5 heteroatoms. The second kappa shape index (κ2) is 4.06. The van der Waals surface area contributed by atoms with Crippen molar-refractivity contribution in [3.63, 3.8) is 0 Å². The first kappa shape index (κ1) is 10.5. The quantitative estimate of drug-likeness (QED) is 0.430. The standard InChI is InChI=1S/C9H12N2O3/c1-6(12)4-7-5-8(11(13)14)2-3-9(7)10/h2-3,5-6,12H,4,10H2,1H3. The molecule has 0 saturated carbocycles. The van der Waals surface area contributed by atoms with Crippen molar-refractivity contribution in [2.75, 3.05) is 5.73 Å². The van der Waals surface area contributed by atoms with Crippen molar-refractivity contribution in [3.8, 4) is 0 Å². The number of anilines is 1. The van der Waals surface area contributed by atoms with E-state index >= 15 is 0 Å². The first-order valence-corrected chi connectivity index (χ1v) is 4.21. The fourth-order valence-corrected chi connectivity index (χ4v) is 1.20. The van der Waals surface area contributed by atoms with Crippen LogP contribution in [0, 0.1) is 10.1 Å². The number of nitrogens with two attached hydrogens (primary N) is 1. The first-order chi connectivity index (χ1) is 6.50. The fraction of sp³-hybridized carbons (Fsp3) is 0.333. The molecule has 1 aromatic carbocycles. The molecule has 1 aromatic rings. The predicted octanol–water partition coefficient (Wildman–Crippen LogP) is 1.10. The number of nitrogens with zero attached hydrogens (tertiary/aromatic N) is 1. The van der Waals surface area contributed by atoms with Gasteiger partial charge in [-0.1, -0.05) is 0 Å². The van der Waals surface area contributed by atoms with E-state index in [1.54, 1.807) is 6.92 Å². The molecule has 0 fully saturated rings. The molecule has 1 atom stereocenters. The topological polar surface area (TPSA) is 89.4 Å². The molecule has 0 aliphatic heterocycles. The van der Waals surface area contributed by atoms with Crippen molar-refractivity contribution in [2.45, 2.75) is 19.4 Å². The van der Waals surface area contributed by atoms with E-state index in [1.807, 2.05) is 0 Å². The van der Waals surface area contributed by atoms with E-state index in [-0.39, 0.29) is 5.69 Å². The van der Waals surface area contributed by atoms with Crippen molar-refractivity contribution in [2.24, 2.45) is 0 Å². The second-order valence-corrected chi connectivity index (χ2v) is 3.19. The van der Waals surface area contributed by atoms with Crippen LogP contribution >= 0.6 is 0 Å². The lowest BCUT2D eigenvalue weighted by Gasteiger charge is -2.06. The van der Waals surface area contributed by atoms with Crippen LogP contribution in [0.1, 0.15) is 12.5 Å². The van der Waals surface area contributed by atoms with Gasteiger partial charge in [0, 0.05) is 24.2 Å². The zero-order valence-corrected chi connectivity index (χ0v) is 7.80. The number of nitrogen functional groups attached to an aromatic ring is 1. The van der Waals surface area contributed by atoms with Crippen LogP contribution in [0.4, 0.5) is 11.4 Å². The van der Waals surface area contributed by atoms with Crippen molar-refractivity contribution in [1.82, 2.24) is 0 Å². The molecule has 0 aliphatic rings. The molecule has 3 N–H and O–H groups in total. The molecule has 0 radical (unpaired) electrons. The summed E-state index contributed by atoms with van der Waals surface area (Å²) in [5.74, 6) is 0. The number of aliphatic hydroxyl groups excluding tert-OH is 1. The van der Waals surface area contributed by atoms with Crippen LogP contribution in [-0.2, 0) is 6.42 Å². The smallest absolute Gasteiger partial charge is 0.269 e. The van der Waals surface area contributed by atoms with Gasteiger partial charge in [-0.2, -0.15) is 0 Å². The molecule has 1 unspecified atom stereocenters. The molecular weight excluding hydrogens is 184 g/mol. The number of aliphatic hydroxyl groups is 1. The lowest BCUT2D eigenvalue weighted by Crippen LogP contribution is -2.07. The molecule has 0 aliphatic carbocycles. The molecular formula is C9H12N2O3. The van der Waals surface area contributed by atoms with Crippen LogP contribution < -0.4 is 5.73 Å². The Morgan fingerprint density at radius 2 is 2.29 bits per heavy atom. The maximum absolute atomic E-state index is 10.5. The van der Waals surface area contributed by atoms with E-state index in [0.717, 1.165) is 0 Å². The Morgan fingerprint density at radius 3 is 2.79 bits per heavy atom. The molecule has 0 amide bonds. The van der Waals surface area contributed by atoms with Gasteiger partial charge in [-0.3, -0.25) is 10.1 Å². The Labute approximate surface area is 81.3 Å². The van der Waals surface area contributed by atoms with Gasteiger partial charge >= 0.3 is 0 Å². The van der Waals surface area contributed by atoms with Gasteiger partial charge in [0.2, 0.25) is 0 Å². The highest BCUT2D eigenvalue weighted by atomic mass is 16.6. The van der Waals surface area contributed by atoms with E-state index in [4.69, 9.17) is 10.8 Å². The highest BCUT2D eigenvalue weighted by Gasteiger charge is 2.10. The summed E-state index contributed by atoms with van der Waals surface area (Å²) in [6.45, 7) is 1.61. The Kier molecular flexibility index (Phi) is 3.03. The van der Waals surface area contributed by atoms with Crippen LogP contribution in [0.3, 0.4) is 0 Å². The average Bonchev–Trinajstić information content (AvgIpc) is 2.07. The van der Waals surface area contributed by atoms with Crippen molar-refractivity contribution in [1.29, 1.82) is 0 Å². The number of hydrogen-bond donors (Lipinski definition) is 2. The highest BCUT2D eigenvalue weighted by molar-refractivity contribution is 5.52. The van der Waals surface area contributed by atoms with Crippen molar-refractivity contribution >= 4 is 11.4 Å². The summed E-state index contributed by atoms with van der Waals surface area (Å²) in [5.41, 5.74) is 6.67. The normalized spacial score (nSPS) is 12.4. The van der Waals surface area contributed by atoms with Crippen LogP contribution in [0.25, 0.3) is 0 Å². The molecule has 0 bridgehead atoms. The van der Waals surface area contributed by atoms with Gasteiger partial charge in [-0.25, -0.2) is 0 Å². The lowest BCUT2D eigenvalue weighted by atomic mass is 10.1. The summed E-state index contributed by atoms with van der Waals surface area (Å²) in [6.07, 6.45) is -0.229. The first-order valence-electron chi connectivity index (χ1n) is 4.21. The average molecular weight is 196 g/mol. The maximum atomic E-state index is 10.5. The van der Waals surface area contributed by atoms with Crippen LogP contribution in [-0.4, -0.2) is 16.1 Å². The number of nitro benzene ring substituents is 1. The summed E-state index contributed by atoms with van der Waals surface area (Å²) in [7, 11) is 0. The van der Waals surface area contributed by atoms with Crippen LogP contribution in [0.2, 0.25) is 0 Å². The number of hydrogen-bond acceptors (Lipinski definition) is 4. The molecule has 0 aromatic heterocycles. The molecule has 0 heterocycles. The number of nitro groups is 1. The van der Waals surface area contributed by atoms with Gasteiger partial charge in [0.1, 0.15) is 0 Å². The van der Waals surface area contributed by atoms with E-state index in [9.17, 15) is 10.1 Å². The van der Waals surface area contributed by atoms with Gasteiger partial charge in [0.05, 0.1) is 11.0 Å². The highest BCUT2D eigenvalue weighted by Crippen LogP contribution is 2.20. The molecule has 76 valence electrons. The zero-order chi connectivity index (χ0) is 10.7. The summed E-state index contributed by atoms with van der Waals surface area (Å²) >= 11 is 0. The summed E-state index contributed by atoms with van der Waals surface area (Å²) < 4.78 is 0. The van der Waals surface area contributed by atoms with E-state index in [1.165, 1.54) is 18.2 Å². The third-order valence-electron chi connectivity index (χ3n) is 1.85. The summed E-state index contributed by atoms with van der Waals surface area (Å²) in [5, 5.41) is 19.6. The molecule has 5 nitrogen and oxygen atoms in total. The summed E-state index contributed by atoms with van der Waals surface area (Å²) in [4.78, 5) is 9.97. The van der Waals surface area contributed by atoms with Gasteiger partial charge in [-0.05, 0) is 18.6 Å². The minimum atomic E-state index is -0.556. The molecule has 0 saturated heterocycles. The Hall–Kier alpha value is -1.62. The van der Waals surface area contributed by atoms with Gasteiger partial charge in [0.15, 0.2) is 0 Å². The minimum absolute atomic E-state index is 0.00477. The molecule has 1 rings (SSSR count). The summed E-state index contributed by atoms with van der Waals surface area (Å²) in [6, 6.07) is 4.22. The largest absolute Gasteiger partial charge is 0.398 e. The van der Waals surface area contributed by atoms with Crippen LogP contribution in [0.5, 0.6) is 0 Å². The third-order valence-corrected chi connectivity index (χ3v) is 1.85. The Balaban J connectivity index is 3.02. The van der Waals surface area contributed by atoms with Gasteiger partial charge in [-0.15, -0.1) is 0 Å². The van der Waals surface area contributed by atoms with Crippen molar-refractivity contribution in [3.05, 3.63) is 33.9 Å². The van der Waals surface area contributed by atoms with Crippen LogP contribution in [0.15, 0.2) is 18.2 Å².